The third-order valence-electron chi connectivity index (χ3n) is 6.60. The van der Waals surface area contributed by atoms with Crippen LogP contribution in [0.1, 0.15) is 24.0 Å². The van der Waals surface area contributed by atoms with E-state index in [1.807, 2.05) is 35.2 Å². The number of hydrogen-bond acceptors (Lipinski definition) is 6. The predicted octanol–water partition coefficient (Wildman–Crippen LogP) is 5.53. The zero-order valence-corrected chi connectivity index (χ0v) is 18.5. The fourth-order valence-corrected chi connectivity index (χ4v) is 4.82. The Kier molecular flexibility index (Phi) is 5.02. The number of aliphatic carboxylic acids is 1. The molecule has 0 bridgehead atoms. The lowest BCUT2D eigenvalue weighted by atomic mass is 9.98. The Balaban J connectivity index is 1.44. The van der Waals surface area contributed by atoms with Crippen LogP contribution >= 0.6 is 0 Å². The lowest BCUT2D eigenvalue weighted by Crippen LogP contribution is -2.38. The number of allylic oxidation sites excluding steroid dienone is 1. The number of oxazole rings is 2. The number of piperidine rings is 1. The zero-order valence-electron chi connectivity index (χ0n) is 18.5. The molecule has 1 unspecified atom stereocenters. The van der Waals surface area contributed by atoms with E-state index in [0.29, 0.717) is 30.5 Å². The molecule has 6 rings (SSSR count). The number of rotatable bonds is 5. The third-order valence-corrected chi connectivity index (χ3v) is 6.60. The minimum atomic E-state index is -0.772. The van der Waals surface area contributed by atoms with Gasteiger partial charge < -0.3 is 18.8 Å². The number of fused-ring (bicyclic) bond motifs is 1. The van der Waals surface area contributed by atoms with Crippen molar-refractivity contribution in [1.82, 2.24) is 9.97 Å². The standard InChI is InChI=1S/C27H23N3O4/c31-26(32)20-6-3-13-30(15-20)27-29-24(19-11-9-18(10-12-19)23-14-28-16-33-23)25(34-27)22-8-2-5-17-4-1-7-21(17)22/h1-2,5,7-12,14,16,20H,3-4,6,13,15H2,(H,31,32). The van der Waals surface area contributed by atoms with Crippen LogP contribution in [0.4, 0.5) is 6.01 Å². The first-order chi connectivity index (χ1) is 16.7. The first-order valence-corrected chi connectivity index (χ1v) is 11.4. The molecule has 1 aliphatic heterocycles. The van der Waals surface area contributed by atoms with Crippen LogP contribution in [-0.4, -0.2) is 34.1 Å². The minimum absolute atomic E-state index is 0.395. The second-order valence-electron chi connectivity index (χ2n) is 8.73. The maximum atomic E-state index is 11.6. The van der Waals surface area contributed by atoms with E-state index >= 15 is 0 Å². The van der Waals surface area contributed by atoms with E-state index in [4.69, 9.17) is 13.8 Å². The smallest absolute Gasteiger partial charge is 0.308 e. The molecule has 2 aromatic heterocycles. The monoisotopic (exact) mass is 453 g/mol. The summed E-state index contributed by atoms with van der Waals surface area (Å²) in [5.74, 6) is 0.207. The Bertz CT molecular complexity index is 1370. The van der Waals surface area contributed by atoms with Crippen molar-refractivity contribution in [2.24, 2.45) is 5.92 Å². The minimum Gasteiger partial charge on any atom is -0.481 e. The molecule has 2 aromatic carbocycles. The number of benzene rings is 2. The number of anilines is 1. The summed E-state index contributed by atoms with van der Waals surface area (Å²) in [5, 5.41) is 9.53. The molecule has 1 saturated heterocycles. The second kappa shape index (κ2) is 8.33. The van der Waals surface area contributed by atoms with Crippen molar-refractivity contribution in [2.75, 3.05) is 18.0 Å². The van der Waals surface area contributed by atoms with E-state index in [-0.39, 0.29) is 0 Å². The van der Waals surface area contributed by atoms with Gasteiger partial charge in [0.15, 0.2) is 17.9 Å². The van der Waals surface area contributed by atoms with Crippen LogP contribution in [0.3, 0.4) is 0 Å². The molecule has 4 aromatic rings. The van der Waals surface area contributed by atoms with E-state index < -0.39 is 11.9 Å². The van der Waals surface area contributed by atoms with Crippen LogP contribution in [0, 0.1) is 5.92 Å². The fraction of sp³-hybridized carbons (Fsp3) is 0.222. The molecular formula is C27H23N3O4. The molecule has 1 N–H and O–H groups in total. The van der Waals surface area contributed by atoms with Gasteiger partial charge in [0.1, 0.15) is 5.69 Å². The highest BCUT2D eigenvalue weighted by Crippen LogP contribution is 2.40. The van der Waals surface area contributed by atoms with E-state index in [9.17, 15) is 9.90 Å². The third kappa shape index (κ3) is 3.59. The SMILES string of the molecule is O=C(O)C1CCCN(c2nc(-c3ccc(-c4cnco4)cc3)c(-c3cccc4c3C=CC4)o2)C1. The summed E-state index contributed by atoms with van der Waals surface area (Å²) >= 11 is 0. The number of aromatic nitrogens is 2. The topological polar surface area (TPSA) is 92.6 Å². The molecular weight excluding hydrogens is 430 g/mol. The van der Waals surface area contributed by atoms with Crippen molar-refractivity contribution in [3.8, 4) is 33.9 Å². The van der Waals surface area contributed by atoms with Crippen molar-refractivity contribution in [3.05, 3.63) is 72.3 Å². The first-order valence-electron chi connectivity index (χ1n) is 11.4. The van der Waals surface area contributed by atoms with Gasteiger partial charge in [0, 0.05) is 29.8 Å². The number of carboxylic acids is 1. The molecule has 3 heterocycles. The van der Waals surface area contributed by atoms with Gasteiger partial charge in [-0.3, -0.25) is 4.79 Å². The Morgan fingerprint density at radius 3 is 2.76 bits per heavy atom. The Hall–Kier alpha value is -4.13. The van der Waals surface area contributed by atoms with E-state index in [1.165, 1.54) is 12.0 Å². The van der Waals surface area contributed by atoms with Gasteiger partial charge in [0.25, 0.3) is 6.01 Å². The molecule has 7 heteroatoms. The second-order valence-corrected chi connectivity index (χ2v) is 8.73. The molecule has 1 fully saturated rings. The van der Waals surface area contributed by atoms with Gasteiger partial charge in [0.2, 0.25) is 0 Å². The average molecular weight is 453 g/mol. The van der Waals surface area contributed by atoms with Crippen LogP contribution < -0.4 is 4.90 Å². The van der Waals surface area contributed by atoms with Gasteiger partial charge in [-0.15, -0.1) is 0 Å². The van der Waals surface area contributed by atoms with Gasteiger partial charge >= 0.3 is 5.97 Å². The number of hydrogen-bond donors (Lipinski definition) is 1. The summed E-state index contributed by atoms with van der Waals surface area (Å²) in [6.07, 6.45) is 9.75. The summed E-state index contributed by atoms with van der Waals surface area (Å²) in [5.41, 5.74) is 5.98. The first kappa shape index (κ1) is 20.5. The Labute approximate surface area is 196 Å². The van der Waals surface area contributed by atoms with Gasteiger partial charge in [-0.2, -0.15) is 4.98 Å². The van der Waals surface area contributed by atoms with E-state index in [1.54, 1.807) is 6.20 Å². The average Bonchev–Trinajstić information content (AvgIpc) is 3.65. The maximum Gasteiger partial charge on any atom is 0.308 e. The van der Waals surface area contributed by atoms with E-state index in [0.717, 1.165) is 47.3 Å². The van der Waals surface area contributed by atoms with Crippen molar-refractivity contribution in [3.63, 3.8) is 0 Å². The summed E-state index contributed by atoms with van der Waals surface area (Å²) in [6, 6.07) is 14.6. The molecule has 2 aliphatic rings. The maximum absolute atomic E-state index is 11.6. The van der Waals surface area contributed by atoms with Crippen molar-refractivity contribution in [1.29, 1.82) is 0 Å². The molecule has 170 valence electrons. The summed E-state index contributed by atoms with van der Waals surface area (Å²) in [7, 11) is 0. The molecule has 0 radical (unpaired) electrons. The van der Waals surface area contributed by atoms with E-state index in [2.05, 4.69) is 29.3 Å². The highest BCUT2D eigenvalue weighted by molar-refractivity contribution is 5.85. The Morgan fingerprint density at radius 2 is 1.97 bits per heavy atom. The van der Waals surface area contributed by atoms with Crippen LogP contribution in [0.15, 0.2) is 70.0 Å². The van der Waals surface area contributed by atoms with Crippen molar-refractivity contribution < 1.29 is 18.7 Å². The van der Waals surface area contributed by atoms with Crippen LogP contribution in [-0.2, 0) is 11.2 Å². The normalized spacial score (nSPS) is 17.2. The van der Waals surface area contributed by atoms with Gasteiger partial charge in [-0.25, -0.2) is 4.98 Å². The lowest BCUT2D eigenvalue weighted by Gasteiger charge is -2.29. The van der Waals surface area contributed by atoms with Crippen LogP contribution in [0.25, 0.3) is 40.0 Å². The highest BCUT2D eigenvalue weighted by atomic mass is 16.4. The van der Waals surface area contributed by atoms with Crippen LogP contribution in [0.5, 0.6) is 0 Å². The molecule has 1 atom stereocenters. The predicted molar refractivity (Wildman–Crippen MR) is 128 cm³/mol. The van der Waals surface area contributed by atoms with Gasteiger partial charge in [0.05, 0.1) is 12.1 Å². The molecule has 1 aliphatic carbocycles. The summed E-state index contributed by atoms with van der Waals surface area (Å²) in [6.45, 7) is 1.12. The molecule has 7 nitrogen and oxygen atoms in total. The molecule has 0 amide bonds. The number of nitrogens with zero attached hydrogens (tertiary/aromatic N) is 3. The Morgan fingerprint density at radius 1 is 1.12 bits per heavy atom. The molecule has 0 saturated carbocycles. The quantitative estimate of drug-likeness (QED) is 0.424. The molecule has 34 heavy (non-hydrogen) atoms. The van der Waals surface area contributed by atoms with Crippen LogP contribution in [0.2, 0.25) is 0 Å². The molecule has 0 spiro atoms. The van der Waals surface area contributed by atoms with Crippen molar-refractivity contribution in [2.45, 2.75) is 19.3 Å². The number of carbonyl (C=O) groups is 1. The highest BCUT2D eigenvalue weighted by Gasteiger charge is 2.30. The van der Waals surface area contributed by atoms with Crippen molar-refractivity contribution >= 4 is 18.1 Å². The number of carboxylic acid groups (broad SMARTS) is 1. The zero-order chi connectivity index (χ0) is 23.1. The summed E-state index contributed by atoms with van der Waals surface area (Å²) in [4.78, 5) is 22.5. The largest absolute Gasteiger partial charge is 0.481 e. The fourth-order valence-electron chi connectivity index (χ4n) is 4.82. The van der Waals surface area contributed by atoms with Gasteiger partial charge in [-0.1, -0.05) is 54.6 Å². The lowest BCUT2D eigenvalue weighted by molar-refractivity contribution is -0.141. The van der Waals surface area contributed by atoms with Gasteiger partial charge in [-0.05, 0) is 30.4 Å². The summed E-state index contributed by atoms with van der Waals surface area (Å²) < 4.78 is 11.8.